The van der Waals surface area contributed by atoms with Crippen LogP contribution in [0.2, 0.25) is 0 Å². The lowest BCUT2D eigenvalue weighted by Crippen LogP contribution is -2.35. The van der Waals surface area contributed by atoms with Crippen LogP contribution >= 0.6 is 0 Å². The second kappa shape index (κ2) is 5.65. The maximum Gasteiger partial charge on any atom is 0.242 e. The van der Waals surface area contributed by atoms with Crippen molar-refractivity contribution >= 4 is 5.91 Å². The van der Waals surface area contributed by atoms with Crippen LogP contribution in [0.4, 0.5) is 0 Å². The van der Waals surface area contributed by atoms with Gasteiger partial charge in [0.25, 0.3) is 0 Å². The molecule has 0 saturated heterocycles. The Kier molecular flexibility index (Phi) is 4.49. The Balaban J connectivity index is 2.56. The van der Waals surface area contributed by atoms with Crippen molar-refractivity contribution in [1.29, 1.82) is 0 Å². The Bertz CT molecular complexity index is 346. The maximum atomic E-state index is 11.8. The van der Waals surface area contributed by atoms with Crippen LogP contribution in [0.5, 0.6) is 0 Å². The number of hydrogen-bond acceptors (Lipinski definition) is 3. The van der Waals surface area contributed by atoms with E-state index in [-0.39, 0.29) is 11.9 Å². The molecule has 0 fully saturated rings. The molecule has 16 heavy (non-hydrogen) atoms. The van der Waals surface area contributed by atoms with Crippen LogP contribution < -0.4 is 5.73 Å². The van der Waals surface area contributed by atoms with E-state index < -0.39 is 0 Å². The molecule has 1 heterocycles. The second-order valence-electron chi connectivity index (χ2n) is 4.17. The van der Waals surface area contributed by atoms with Crippen molar-refractivity contribution in [3.05, 3.63) is 18.2 Å². The maximum absolute atomic E-state index is 11.8. The third kappa shape index (κ3) is 3.34. The number of rotatable bonds is 5. The van der Waals surface area contributed by atoms with E-state index in [0.29, 0.717) is 13.1 Å². The SMILES string of the molecule is CC(C)N(C)C(=O)Cn1cnc(CCN)c1. The van der Waals surface area contributed by atoms with Crippen LogP contribution in [0.1, 0.15) is 19.5 Å². The highest BCUT2D eigenvalue weighted by molar-refractivity contribution is 5.75. The average molecular weight is 224 g/mol. The molecule has 0 radical (unpaired) electrons. The normalized spacial score (nSPS) is 10.8. The lowest BCUT2D eigenvalue weighted by molar-refractivity contribution is -0.131. The van der Waals surface area contributed by atoms with Crippen molar-refractivity contribution in [3.63, 3.8) is 0 Å². The molecule has 1 aromatic heterocycles. The van der Waals surface area contributed by atoms with Crippen molar-refractivity contribution in [2.24, 2.45) is 5.73 Å². The number of aromatic nitrogens is 2. The van der Waals surface area contributed by atoms with Gasteiger partial charge in [-0.2, -0.15) is 0 Å². The number of carbonyl (C=O) groups is 1. The number of amides is 1. The van der Waals surface area contributed by atoms with Crippen molar-refractivity contribution < 1.29 is 4.79 Å². The van der Waals surface area contributed by atoms with Crippen LogP contribution in [0.3, 0.4) is 0 Å². The van der Waals surface area contributed by atoms with Gasteiger partial charge in [-0.15, -0.1) is 0 Å². The number of carbonyl (C=O) groups excluding carboxylic acids is 1. The zero-order valence-corrected chi connectivity index (χ0v) is 10.2. The summed E-state index contributed by atoms with van der Waals surface area (Å²) in [6.45, 7) is 4.90. The zero-order chi connectivity index (χ0) is 12.1. The summed E-state index contributed by atoms with van der Waals surface area (Å²) in [7, 11) is 1.81. The van der Waals surface area contributed by atoms with Crippen LogP contribution in [0.25, 0.3) is 0 Å². The van der Waals surface area contributed by atoms with Crippen molar-refractivity contribution in [2.75, 3.05) is 13.6 Å². The topological polar surface area (TPSA) is 64.2 Å². The van der Waals surface area contributed by atoms with E-state index in [4.69, 9.17) is 5.73 Å². The predicted molar refractivity (Wildman–Crippen MR) is 62.9 cm³/mol. The summed E-state index contributed by atoms with van der Waals surface area (Å²) in [5.74, 6) is 0.0895. The van der Waals surface area contributed by atoms with Gasteiger partial charge in [0.15, 0.2) is 0 Å². The minimum atomic E-state index is 0.0895. The van der Waals surface area contributed by atoms with Crippen LogP contribution in [-0.2, 0) is 17.8 Å². The van der Waals surface area contributed by atoms with Gasteiger partial charge in [-0.1, -0.05) is 0 Å². The largest absolute Gasteiger partial charge is 0.342 e. The van der Waals surface area contributed by atoms with Crippen LogP contribution in [0, 0.1) is 0 Å². The van der Waals surface area contributed by atoms with Crippen LogP contribution in [0.15, 0.2) is 12.5 Å². The first kappa shape index (κ1) is 12.7. The van der Waals surface area contributed by atoms with E-state index in [1.165, 1.54) is 0 Å². The Morgan fingerprint density at radius 3 is 2.88 bits per heavy atom. The van der Waals surface area contributed by atoms with Gasteiger partial charge in [-0.25, -0.2) is 4.98 Å². The summed E-state index contributed by atoms with van der Waals surface area (Å²) in [5, 5.41) is 0. The molecule has 0 atom stereocenters. The molecule has 1 aromatic rings. The quantitative estimate of drug-likeness (QED) is 0.780. The van der Waals surface area contributed by atoms with Gasteiger partial charge in [0.2, 0.25) is 5.91 Å². The van der Waals surface area contributed by atoms with Gasteiger partial charge in [0, 0.05) is 25.7 Å². The molecule has 0 unspecified atom stereocenters. The summed E-state index contributed by atoms with van der Waals surface area (Å²) in [5.41, 5.74) is 6.37. The first-order chi connectivity index (χ1) is 7.54. The molecule has 2 N–H and O–H groups in total. The zero-order valence-electron chi connectivity index (χ0n) is 10.2. The predicted octanol–water partition coefficient (Wildman–Crippen LogP) is 0.251. The minimum absolute atomic E-state index is 0.0895. The van der Waals surface area contributed by atoms with Gasteiger partial charge in [-0.3, -0.25) is 4.79 Å². The first-order valence-corrected chi connectivity index (χ1v) is 5.51. The molecule has 5 nitrogen and oxygen atoms in total. The van der Waals surface area contributed by atoms with Crippen molar-refractivity contribution in [1.82, 2.24) is 14.5 Å². The van der Waals surface area contributed by atoms with Crippen LogP contribution in [-0.4, -0.2) is 40.0 Å². The lowest BCUT2D eigenvalue weighted by Gasteiger charge is -2.21. The fourth-order valence-electron chi connectivity index (χ4n) is 1.33. The lowest BCUT2D eigenvalue weighted by atomic mass is 10.3. The molecular weight excluding hydrogens is 204 g/mol. The highest BCUT2D eigenvalue weighted by Crippen LogP contribution is 2.00. The summed E-state index contributed by atoms with van der Waals surface area (Å²) in [6, 6.07) is 0.222. The molecule has 0 aromatic carbocycles. The van der Waals surface area contributed by atoms with E-state index in [0.717, 1.165) is 12.1 Å². The van der Waals surface area contributed by atoms with Gasteiger partial charge < -0.3 is 15.2 Å². The minimum Gasteiger partial charge on any atom is -0.342 e. The highest BCUT2D eigenvalue weighted by Gasteiger charge is 2.12. The highest BCUT2D eigenvalue weighted by atomic mass is 16.2. The number of imidazole rings is 1. The third-order valence-electron chi connectivity index (χ3n) is 2.57. The molecule has 1 amide bonds. The van der Waals surface area contributed by atoms with E-state index in [1.807, 2.05) is 27.1 Å². The smallest absolute Gasteiger partial charge is 0.242 e. The molecule has 0 spiro atoms. The fraction of sp³-hybridized carbons (Fsp3) is 0.636. The molecule has 0 aliphatic rings. The number of hydrogen-bond donors (Lipinski definition) is 1. The average Bonchev–Trinajstić information content (AvgIpc) is 2.65. The van der Waals surface area contributed by atoms with Crippen molar-refractivity contribution in [2.45, 2.75) is 32.9 Å². The molecule has 0 aliphatic carbocycles. The second-order valence-corrected chi connectivity index (χ2v) is 4.17. The molecular formula is C11H20N4O. The summed E-state index contributed by atoms with van der Waals surface area (Å²) >= 11 is 0. The van der Waals surface area contributed by atoms with Gasteiger partial charge in [-0.05, 0) is 20.4 Å². The molecule has 0 aliphatic heterocycles. The summed E-state index contributed by atoms with van der Waals surface area (Å²) in [4.78, 5) is 17.7. The Hall–Kier alpha value is -1.36. The Morgan fingerprint density at radius 2 is 2.31 bits per heavy atom. The monoisotopic (exact) mass is 224 g/mol. The molecule has 0 saturated carbocycles. The van der Waals surface area contributed by atoms with Gasteiger partial charge >= 0.3 is 0 Å². The first-order valence-electron chi connectivity index (χ1n) is 5.51. The fourth-order valence-corrected chi connectivity index (χ4v) is 1.33. The molecule has 90 valence electrons. The third-order valence-corrected chi connectivity index (χ3v) is 2.57. The molecule has 1 rings (SSSR count). The Morgan fingerprint density at radius 1 is 1.62 bits per heavy atom. The van der Waals surface area contributed by atoms with E-state index in [9.17, 15) is 4.79 Å². The van der Waals surface area contributed by atoms with Crippen molar-refractivity contribution in [3.8, 4) is 0 Å². The Labute approximate surface area is 96.3 Å². The number of likely N-dealkylation sites (N-methyl/N-ethyl adjacent to an activating group) is 1. The number of nitrogens with zero attached hydrogens (tertiary/aromatic N) is 3. The number of nitrogens with two attached hydrogens (primary N) is 1. The van der Waals surface area contributed by atoms with Gasteiger partial charge in [0.1, 0.15) is 6.54 Å². The van der Waals surface area contributed by atoms with E-state index >= 15 is 0 Å². The summed E-state index contributed by atoms with van der Waals surface area (Å²) in [6.07, 6.45) is 4.30. The van der Waals surface area contributed by atoms with E-state index in [2.05, 4.69) is 4.98 Å². The molecule has 0 bridgehead atoms. The van der Waals surface area contributed by atoms with Gasteiger partial charge in [0.05, 0.1) is 12.0 Å². The van der Waals surface area contributed by atoms with E-state index in [1.54, 1.807) is 15.8 Å². The molecule has 5 heteroatoms. The summed E-state index contributed by atoms with van der Waals surface area (Å²) < 4.78 is 1.80. The standard InChI is InChI=1S/C11H20N4O/c1-9(2)14(3)11(16)7-15-6-10(4-5-12)13-8-15/h6,8-9H,4-5,7,12H2,1-3H3.